The van der Waals surface area contributed by atoms with Gasteiger partial charge >= 0.3 is 23.9 Å². The first-order valence-electron chi connectivity index (χ1n) is 17.0. The Morgan fingerprint density at radius 1 is 0.729 bits per heavy atom. The summed E-state index contributed by atoms with van der Waals surface area (Å²) in [7, 11) is 0. The molecule has 0 aromatic heterocycles. The number of ether oxygens (including phenoxy) is 4. The first-order chi connectivity index (χ1) is 27.7. The standard InChI is InChI=1S/C36H30O23/c1-2-55-35(52)36(53)20-16-9(5-12(39)23(43)26(16)46)33(50)57-29(30-27(47)19(31(36)48)18(20)34(51)58-30)17-13(40)6-56-32(49)8-4-11(38)22(42)25(45)15(8)14-7(28(17)59-54)3-10(37)21(41)24(14)44/h3-5,13,17,20,27-30,37-47,53-54H,2,6H2,1H3. The number of carbonyl (C=O) groups is 5. The fourth-order valence-electron chi connectivity index (χ4n) is 7.97. The Morgan fingerprint density at radius 2 is 1.29 bits per heavy atom. The van der Waals surface area contributed by atoms with Crippen molar-refractivity contribution < 1.29 is 114 Å². The van der Waals surface area contributed by atoms with E-state index in [0.29, 0.717) is 18.2 Å². The molecule has 0 radical (unpaired) electrons. The van der Waals surface area contributed by atoms with Crippen LogP contribution in [-0.2, 0) is 38.2 Å². The molecule has 4 aliphatic heterocycles. The molecule has 4 bridgehead atoms. The Bertz CT molecular complexity index is 2440. The van der Waals surface area contributed by atoms with Crippen molar-refractivity contribution in [2.24, 2.45) is 5.92 Å². The average Bonchev–Trinajstić information content (AvgIpc) is 3.43. The predicted octanol–water partition coefficient (Wildman–Crippen LogP) is -0.835. The lowest BCUT2D eigenvalue weighted by Crippen LogP contribution is -2.56. The van der Waals surface area contributed by atoms with E-state index in [9.17, 15) is 90.5 Å². The SMILES string of the molecule is CCOC(=O)C1(O)C(=O)C2=C3C(=O)OC(C2O)C(C2C(O)COC(=O)c4cc(O)c(O)c(O)c4-c4c(cc(O)c(O)c4O)C2OO)OC(=O)c2cc(O)c(O)c(O)c2C31. The second kappa shape index (κ2) is 13.8. The number of ketones is 1. The Kier molecular flexibility index (Phi) is 9.40. The van der Waals surface area contributed by atoms with Crippen molar-refractivity contribution >= 4 is 29.7 Å². The fourth-order valence-corrected chi connectivity index (χ4v) is 7.97. The molecule has 0 spiro atoms. The summed E-state index contributed by atoms with van der Waals surface area (Å²) in [6.07, 6.45) is -12.6. The van der Waals surface area contributed by atoms with Crippen LogP contribution >= 0.6 is 0 Å². The van der Waals surface area contributed by atoms with E-state index in [1.807, 2.05) is 0 Å². The summed E-state index contributed by atoms with van der Waals surface area (Å²) in [5.74, 6) is -25.5. The van der Waals surface area contributed by atoms with E-state index < -0.39 is 187 Å². The van der Waals surface area contributed by atoms with Crippen LogP contribution in [0, 0.1) is 5.92 Å². The Morgan fingerprint density at radius 3 is 1.90 bits per heavy atom. The normalized spacial score (nSPS) is 27.5. The zero-order valence-corrected chi connectivity index (χ0v) is 29.6. The van der Waals surface area contributed by atoms with E-state index in [0.717, 1.165) is 0 Å². The van der Waals surface area contributed by atoms with Gasteiger partial charge in [0, 0.05) is 27.8 Å². The van der Waals surface area contributed by atoms with Gasteiger partial charge in [0.25, 0.3) is 0 Å². The molecule has 0 fully saturated rings. The number of Topliss-reactive ketones (excluding diaryl/α,β-unsaturated/α-hetero) is 1. The highest BCUT2D eigenvalue weighted by molar-refractivity contribution is 6.24. The molecule has 312 valence electrons. The summed E-state index contributed by atoms with van der Waals surface area (Å²) in [5.41, 5.74) is -11.8. The van der Waals surface area contributed by atoms with Crippen LogP contribution in [0.1, 0.15) is 50.8 Å². The van der Waals surface area contributed by atoms with E-state index in [-0.39, 0.29) is 0 Å². The summed E-state index contributed by atoms with van der Waals surface area (Å²) in [4.78, 5) is 74.1. The third-order valence-electron chi connectivity index (χ3n) is 10.6. The van der Waals surface area contributed by atoms with Gasteiger partial charge < -0.3 is 80.2 Å². The molecule has 0 saturated heterocycles. The summed E-state index contributed by atoms with van der Waals surface area (Å²) in [5, 5.41) is 142. The number of aliphatic hydroxyl groups is 3. The molecule has 5 aliphatic rings. The largest absolute Gasteiger partial charge is 0.504 e. The topological polar surface area (TPSA) is 394 Å². The summed E-state index contributed by atoms with van der Waals surface area (Å²) < 4.78 is 21.1. The van der Waals surface area contributed by atoms with Crippen molar-refractivity contribution in [2.45, 2.75) is 49.0 Å². The minimum Gasteiger partial charge on any atom is -0.504 e. The van der Waals surface area contributed by atoms with E-state index in [4.69, 9.17) is 23.8 Å². The molecule has 4 heterocycles. The van der Waals surface area contributed by atoms with Crippen LogP contribution in [0.25, 0.3) is 11.1 Å². The van der Waals surface area contributed by atoms with Gasteiger partial charge in [-0.25, -0.2) is 24.1 Å². The molecule has 0 amide bonds. The number of phenols is 9. The van der Waals surface area contributed by atoms with E-state index in [1.165, 1.54) is 6.92 Å². The van der Waals surface area contributed by atoms with Crippen LogP contribution < -0.4 is 0 Å². The van der Waals surface area contributed by atoms with Gasteiger partial charge in [0.05, 0.1) is 41.2 Å². The molecule has 59 heavy (non-hydrogen) atoms. The number of aromatic hydroxyl groups is 9. The number of hydrogen-bond acceptors (Lipinski definition) is 23. The number of esters is 4. The number of fused-ring (bicyclic) bond motifs is 6. The van der Waals surface area contributed by atoms with Gasteiger partial charge in [-0.05, 0) is 25.1 Å². The summed E-state index contributed by atoms with van der Waals surface area (Å²) >= 11 is 0. The molecule has 3 aromatic rings. The fraction of sp³-hybridized carbons (Fsp3) is 0.306. The van der Waals surface area contributed by atoms with Crippen LogP contribution in [-0.4, -0.2) is 139 Å². The Balaban J connectivity index is 1.54. The molecule has 8 atom stereocenters. The number of aliphatic hydroxyl groups excluding tert-OH is 2. The number of cyclic esters (lactones) is 1. The monoisotopic (exact) mass is 830 g/mol. The van der Waals surface area contributed by atoms with E-state index >= 15 is 0 Å². The van der Waals surface area contributed by atoms with Crippen LogP contribution in [0.2, 0.25) is 0 Å². The average molecular weight is 831 g/mol. The van der Waals surface area contributed by atoms with Crippen molar-refractivity contribution in [1.29, 1.82) is 0 Å². The van der Waals surface area contributed by atoms with Crippen LogP contribution in [0.5, 0.6) is 51.7 Å². The Labute approximate surface area is 326 Å². The lowest BCUT2D eigenvalue weighted by atomic mass is 9.76. The first kappa shape index (κ1) is 40.2. The maximum absolute atomic E-state index is 14.3. The molecule has 23 heteroatoms. The van der Waals surface area contributed by atoms with Gasteiger partial charge in [0.2, 0.25) is 28.6 Å². The minimum atomic E-state index is -3.61. The highest BCUT2D eigenvalue weighted by Gasteiger charge is 2.68. The van der Waals surface area contributed by atoms with Crippen molar-refractivity contribution in [2.75, 3.05) is 13.2 Å². The van der Waals surface area contributed by atoms with Crippen molar-refractivity contribution in [1.82, 2.24) is 0 Å². The van der Waals surface area contributed by atoms with Gasteiger partial charge in [-0.2, -0.15) is 0 Å². The molecule has 0 saturated carbocycles. The number of phenolic OH excluding ortho intramolecular Hbond substituents is 9. The Hall–Kier alpha value is -7.05. The summed E-state index contributed by atoms with van der Waals surface area (Å²) in [6, 6.07) is 1.45. The molecule has 8 unspecified atom stereocenters. The molecular weight excluding hydrogens is 800 g/mol. The molecule has 8 rings (SSSR count). The maximum Gasteiger partial charge on any atom is 0.347 e. The van der Waals surface area contributed by atoms with Gasteiger partial charge in [-0.15, -0.1) is 0 Å². The molecule has 23 nitrogen and oxygen atoms in total. The molecular formula is C36H30O23. The quantitative estimate of drug-likeness (QED) is 0.0381. The smallest absolute Gasteiger partial charge is 0.347 e. The maximum atomic E-state index is 14.3. The van der Waals surface area contributed by atoms with Gasteiger partial charge in [-0.3, -0.25) is 10.1 Å². The van der Waals surface area contributed by atoms with Gasteiger partial charge in [0.1, 0.15) is 18.8 Å². The molecule has 13 N–H and O–H groups in total. The first-order valence-corrected chi connectivity index (χ1v) is 17.0. The van der Waals surface area contributed by atoms with Gasteiger partial charge in [0.15, 0.2) is 46.7 Å². The second-order valence-corrected chi connectivity index (χ2v) is 13.7. The highest BCUT2D eigenvalue weighted by atomic mass is 17.1. The van der Waals surface area contributed by atoms with E-state index in [1.54, 1.807) is 0 Å². The van der Waals surface area contributed by atoms with Crippen molar-refractivity contribution in [3.8, 4) is 62.9 Å². The highest BCUT2D eigenvalue weighted by Crippen LogP contribution is 2.58. The predicted molar refractivity (Wildman–Crippen MR) is 181 cm³/mol. The zero-order chi connectivity index (χ0) is 43.3. The van der Waals surface area contributed by atoms with Gasteiger partial charge in [-0.1, -0.05) is 0 Å². The zero-order valence-electron chi connectivity index (χ0n) is 29.6. The third-order valence-corrected chi connectivity index (χ3v) is 10.6. The number of benzene rings is 3. The number of rotatable bonds is 4. The van der Waals surface area contributed by atoms with Crippen molar-refractivity contribution in [3.63, 3.8) is 0 Å². The van der Waals surface area contributed by atoms with Crippen LogP contribution in [0.15, 0.2) is 29.3 Å². The summed E-state index contributed by atoms with van der Waals surface area (Å²) in [6.45, 7) is -0.531. The van der Waals surface area contributed by atoms with Crippen LogP contribution in [0.4, 0.5) is 0 Å². The molecule has 1 aliphatic carbocycles. The minimum absolute atomic E-state index is 0.413. The lowest BCUT2D eigenvalue weighted by Gasteiger charge is -2.42. The second-order valence-electron chi connectivity index (χ2n) is 13.7. The van der Waals surface area contributed by atoms with Crippen LogP contribution in [0.3, 0.4) is 0 Å². The van der Waals surface area contributed by atoms with Crippen molar-refractivity contribution in [3.05, 3.63) is 51.6 Å². The number of carbonyl (C=O) groups excluding carboxylic acids is 5. The van der Waals surface area contributed by atoms with E-state index in [2.05, 4.69) is 0 Å². The lowest BCUT2D eigenvalue weighted by molar-refractivity contribution is -0.311. The number of hydrogen-bond donors (Lipinski definition) is 13. The molecule has 3 aromatic carbocycles. The third kappa shape index (κ3) is 5.50.